The Morgan fingerprint density at radius 3 is 2.62 bits per heavy atom. The normalized spacial score (nSPS) is 11.8. The summed E-state index contributed by atoms with van der Waals surface area (Å²) >= 11 is 0. The van der Waals surface area contributed by atoms with Crippen molar-refractivity contribution in [3.05, 3.63) is 83.7 Å². The number of nitrogens with zero attached hydrogens (tertiary/aromatic N) is 2. The smallest absolute Gasteiger partial charge is 0.258 e. The molecule has 7 nitrogen and oxygen atoms in total. The summed E-state index contributed by atoms with van der Waals surface area (Å²) in [5, 5.41) is 3.05. The Hall–Kier alpha value is -4.00. The third-order valence-corrected chi connectivity index (χ3v) is 6.24. The number of aromatic nitrogens is 2. The molecule has 0 aliphatic rings. The highest BCUT2D eigenvalue weighted by molar-refractivity contribution is 5.79. The van der Waals surface area contributed by atoms with Crippen LogP contribution >= 0.6 is 0 Å². The third kappa shape index (κ3) is 6.82. The molecule has 1 atom stereocenters. The molecule has 0 aliphatic carbocycles. The van der Waals surface area contributed by atoms with Gasteiger partial charge in [-0.05, 0) is 75.1 Å². The number of ether oxygens (including phenoxy) is 3. The van der Waals surface area contributed by atoms with E-state index < -0.39 is 0 Å². The number of carbonyl (C=O) groups is 1. The van der Waals surface area contributed by atoms with Crippen molar-refractivity contribution in [3.63, 3.8) is 0 Å². The Labute approximate surface area is 218 Å². The van der Waals surface area contributed by atoms with E-state index in [9.17, 15) is 4.79 Å². The SMILES string of the molecule is COc1cccc(OCCCCn2c(C(C)NC(=O)COc3cc(C)ccc3C)nc3ccccc32)c1. The maximum absolute atomic E-state index is 12.7. The van der Waals surface area contributed by atoms with Crippen molar-refractivity contribution in [1.29, 1.82) is 0 Å². The van der Waals surface area contributed by atoms with Gasteiger partial charge in [0.15, 0.2) is 6.61 Å². The topological polar surface area (TPSA) is 74.6 Å². The van der Waals surface area contributed by atoms with Crippen molar-refractivity contribution in [2.75, 3.05) is 20.3 Å². The van der Waals surface area contributed by atoms with E-state index in [-0.39, 0.29) is 18.6 Å². The number of nitrogens with one attached hydrogen (secondary N) is 1. The quantitative estimate of drug-likeness (QED) is 0.249. The summed E-state index contributed by atoms with van der Waals surface area (Å²) in [7, 11) is 1.65. The molecule has 4 rings (SSSR count). The molecule has 7 heteroatoms. The van der Waals surface area contributed by atoms with Crippen molar-refractivity contribution in [2.24, 2.45) is 0 Å². The van der Waals surface area contributed by atoms with Gasteiger partial charge in [0, 0.05) is 12.6 Å². The maximum atomic E-state index is 12.7. The van der Waals surface area contributed by atoms with Gasteiger partial charge in [-0.2, -0.15) is 0 Å². The average Bonchev–Trinajstić information content (AvgIpc) is 3.28. The minimum absolute atomic E-state index is 0.0452. The highest BCUT2D eigenvalue weighted by atomic mass is 16.5. The molecule has 0 radical (unpaired) electrons. The van der Waals surface area contributed by atoms with Crippen LogP contribution in [0.1, 0.15) is 42.8 Å². The van der Waals surface area contributed by atoms with Crippen LogP contribution in [0.3, 0.4) is 0 Å². The van der Waals surface area contributed by atoms with Crippen LogP contribution in [0, 0.1) is 13.8 Å². The van der Waals surface area contributed by atoms with Gasteiger partial charge in [0.1, 0.15) is 23.1 Å². The summed E-state index contributed by atoms with van der Waals surface area (Å²) in [5.74, 6) is 2.95. The molecule has 0 saturated heterocycles. The molecule has 0 spiro atoms. The minimum atomic E-state index is -0.268. The molecule has 37 heavy (non-hydrogen) atoms. The third-order valence-electron chi connectivity index (χ3n) is 6.24. The summed E-state index contributed by atoms with van der Waals surface area (Å²) in [5.41, 5.74) is 4.07. The van der Waals surface area contributed by atoms with Crippen LogP contribution in [-0.4, -0.2) is 35.8 Å². The molecular formula is C30H35N3O4. The molecule has 1 unspecified atom stereocenters. The van der Waals surface area contributed by atoms with Gasteiger partial charge in [-0.1, -0.05) is 30.3 Å². The number of para-hydroxylation sites is 2. The maximum Gasteiger partial charge on any atom is 0.258 e. The average molecular weight is 502 g/mol. The van der Waals surface area contributed by atoms with Gasteiger partial charge in [-0.25, -0.2) is 4.98 Å². The predicted molar refractivity (Wildman–Crippen MR) is 145 cm³/mol. The van der Waals surface area contributed by atoms with E-state index in [1.54, 1.807) is 7.11 Å². The zero-order chi connectivity index (χ0) is 26.2. The van der Waals surface area contributed by atoms with Gasteiger partial charge in [-0.3, -0.25) is 4.79 Å². The van der Waals surface area contributed by atoms with Crippen LogP contribution in [0.2, 0.25) is 0 Å². The summed E-state index contributed by atoms with van der Waals surface area (Å²) in [6.07, 6.45) is 1.79. The van der Waals surface area contributed by atoms with Crippen molar-refractivity contribution in [2.45, 2.75) is 46.2 Å². The number of amides is 1. The summed E-state index contributed by atoms with van der Waals surface area (Å²) in [6.45, 7) is 7.27. The second-order valence-electron chi connectivity index (χ2n) is 9.19. The van der Waals surface area contributed by atoms with Crippen LogP contribution < -0.4 is 19.5 Å². The number of hydrogen-bond acceptors (Lipinski definition) is 5. The van der Waals surface area contributed by atoms with Crippen molar-refractivity contribution >= 4 is 16.9 Å². The Balaban J connectivity index is 1.35. The van der Waals surface area contributed by atoms with Crippen molar-refractivity contribution < 1.29 is 19.0 Å². The van der Waals surface area contributed by atoms with E-state index in [1.807, 2.05) is 81.4 Å². The zero-order valence-corrected chi connectivity index (χ0v) is 22.0. The molecular weight excluding hydrogens is 466 g/mol. The molecule has 194 valence electrons. The molecule has 0 fully saturated rings. The lowest BCUT2D eigenvalue weighted by atomic mass is 10.1. The van der Waals surface area contributed by atoms with Crippen LogP contribution in [0.5, 0.6) is 17.2 Å². The van der Waals surface area contributed by atoms with Crippen LogP contribution in [-0.2, 0) is 11.3 Å². The second-order valence-corrected chi connectivity index (χ2v) is 9.19. The molecule has 0 saturated carbocycles. The van der Waals surface area contributed by atoms with Crippen LogP contribution in [0.4, 0.5) is 0 Å². The lowest BCUT2D eigenvalue weighted by Gasteiger charge is -2.17. The first kappa shape index (κ1) is 26.1. The van der Waals surface area contributed by atoms with Crippen molar-refractivity contribution in [1.82, 2.24) is 14.9 Å². The van der Waals surface area contributed by atoms with E-state index in [0.29, 0.717) is 6.61 Å². The van der Waals surface area contributed by atoms with E-state index in [0.717, 1.165) is 64.6 Å². The van der Waals surface area contributed by atoms with Gasteiger partial charge in [0.2, 0.25) is 0 Å². The van der Waals surface area contributed by atoms with E-state index in [1.165, 1.54) is 0 Å². The molecule has 3 aromatic carbocycles. The van der Waals surface area contributed by atoms with Crippen LogP contribution in [0.15, 0.2) is 66.7 Å². The fourth-order valence-corrected chi connectivity index (χ4v) is 4.27. The lowest BCUT2D eigenvalue weighted by Crippen LogP contribution is -2.32. The van der Waals surface area contributed by atoms with Gasteiger partial charge in [-0.15, -0.1) is 0 Å². The number of aryl methyl sites for hydroxylation is 3. The van der Waals surface area contributed by atoms with Crippen LogP contribution in [0.25, 0.3) is 11.0 Å². The first-order valence-electron chi connectivity index (χ1n) is 12.7. The number of imidazole rings is 1. The largest absolute Gasteiger partial charge is 0.497 e. The number of benzene rings is 3. The highest BCUT2D eigenvalue weighted by Crippen LogP contribution is 2.23. The monoisotopic (exact) mass is 501 g/mol. The molecule has 1 N–H and O–H groups in total. The molecule has 0 aliphatic heterocycles. The Morgan fingerprint density at radius 1 is 0.973 bits per heavy atom. The molecule has 0 bridgehead atoms. The lowest BCUT2D eigenvalue weighted by molar-refractivity contribution is -0.123. The summed E-state index contributed by atoms with van der Waals surface area (Å²) in [4.78, 5) is 17.5. The zero-order valence-electron chi connectivity index (χ0n) is 22.0. The number of fused-ring (bicyclic) bond motifs is 1. The number of methoxy groups -OCH3 is 1. The van der Waals surface area contributed by atoms with Gasteiger partial charge >= 0.3 is 0 Å². The fourth-order valence-electron chi connectivity index (χ4n) is 4.27. The highest BCUT2D eigenvalue weighted by Gasteiger charge is 2.18. The van der Waals surface area contributed by atoms with Gasteiger partial charge in [0.25, 0.3) is 5.91 Å². The van der Waals surface area contributed by atoms with Gasteiger partial charge < -0.3 is 24.1 Å². The Kier molecular flexibility index (Phi) is 8.67. The van der Waals surface area contributed by atoms with E-state index >= 15 is 0 Å². The molecule has 4 aromatic rings. The fraction of sp³-hybridized carbons (Fsp3) is 0.333. The summed E-state index contributed by atoms with van der Waals surface area (Å²) in [6, 6.07) is 21.4. The Bertz CT molecular complexity index is 1350. The van der Waals surface area contributed by atoms with Crippen molar-refractivity contribution in [3.8, 4) is 17.2 Å². The number of hydrogen-bond donors (Lipinski definition) is 1. The van der Waals surface area contributed by atoms with E-state index in [2.05, 4.69) is 16.0 Å². The standard InChI is InChI=1S/C30H35N3O4/c1-21-14-15-22(2)28(18-21)37-20-29(34)31-23(3)30-32-26-12-5-6-13-27(26)33(30)16-7-8-17-36-25-11-9-10-24(19-25)35-4/h5-6,9-15,18-19,23H,7-8,16-17,20H2,1-4H3,(H,31,34). The molecule has 1 aromatic heterocycles. The van der Waals surface area contributed by atoms with Gasteiger partial charge in [0.05, 0.1) is 30.8 Å². The first-order chi connectivity index (χ1) is 17.9. The molecule has 1 heterocycles. The number of carbonyl (C=O) groups excluding carboxylic acids is 1. The number of unbranched alkanes of at least 4 members (excludes halogenated alkanes) is 1. The minimum Gasteiger partial charge on any atom is -0.497 e. The molecule has 1 amide bonds. The number of rotatable bonds is 12. The predicted octanol–water partition coefficient (Wildman–Crippen LogP) is 5.78. The summed E-state index contributed by atoms with van der Waals surface area (Å²) < 4.78 is 19.1. The second kappa shape index (κ2) is 12.3. The Morgan fingerprint density at radius 2 is 1.78 bits per heavy atom. The van der Waals surface area contributed by atoms with E-state index in [4.69, 9.17) is 19.2 Å². The first-order valence-corrected chi connectivity index (χ1v) is 12.7.